The fraction of sp³-hybridized carbons (Fsp3) is 0.500. The number of urea groups is 1. The Hall–Kier alpha value is -1.75. The van der Waals surface area contributed by atoms with Crippen molar-refractivity contribution < 1.29 is 14.6 Å². The Labute approximate surface area is 113 Å². The number of carbonyl (C=O) groups excluding carboxylic acids is 1. The van der Waals surface area contributed by atoms with Crippen LogP contribution in [0.1, 0.15) is 25.7 Å². The second-order valence-corrected chi connectivity index (χ2v) is 4.84. The van der Waals surface area contributed by atoms with Gasteiger partial charge in [0.2, 0.25) is 0 Å². The molecule has 1 saturated carbocycles. The summed E-state index contributed by atoms with van der Waals surface area (Å²) in [4.78, 5) is 11.8. The molecular formula is C14H20N2O3. The van der Waals surface area contributed by atoms with E-state index in [1.807, 2.05) is 18.2 Å². The minimum absolute atomic E-state index is 0.147. The van der Waals surface area contributed by atoms with E-state index in [4.69, 9.17) is 4.74 Å². The third-order valence-corrected chi connectivity index (χ3v) is 3.36. The van der Waals surface area contributed by atoms with Crippen LogP contribution in [-0.4, -0.2) is 30.4 Å². The zero-order chi connectivity index (χ0) is 13.7. The minimum atomic E-state index is -0.213. The topological polar surface area (TPSA) is 70.6 Å². The van der Waals surface area contributed by atoms with Gasteiger partial charge in [0.05, 0.1) is 13.2 Å². The number of methoxy groups -OCH3 is 1. The highest BCUT2D eigenvalue weighted by Crippen LogP contribution is 2.19. The molecule has 0 unspecified atom stereocenters. The van der Waals surface area contributed by atoms with Crippen LogP contribution >= 0.6 is 0 Å². The van der Waals surface area contributed by atoms with Gasteiger partial charge in [0, 0.05) is 17.8 Å². The molecule has 19 heavy (non-hydrogen) atoms. The highest BCUT2D eigenvalue weighted by Gasteiger charge is 2.20. The van der Waals surface area contributed by atoms with E-state index in [0.29, 0.717) is 11.4 Å². The lowest BCUT2D eigenvalue weighted by molar-refractivity contribution is 0.118. The van der Waals surface area contributed by atoms with Crippen molar-refractivity contribution in [2.75, 3.05) is 12.4 Å². The summed E-state index contributed by atoms with van der Waals surface area (Å²) >= 11 is 0. The molecule has 1 aliphatic carbocycles. The number of benzene rings is 1. The van der Waals surface area contributed by atoms with Crippen LogP contribution in [0.25, 0.3) is 0 Å². The van der Waals surface area contributed by atoms with E-state index in [1.165, 1.54) is 0 Å². The van der Waals surface area contributed by atoms with E-state index in [-0.39, 0.29) is 18.2 Å². The van der Waals surface area contributed by atoms with Gasteiger partial charge >= 0.3 is 6.03 Å². The van der Waals surface area contributed by atoms with E-state index < -0.39 is 0 Å². The Kier molecular flexibility index (Phi) is 4.63. The molecule has 0 aliphatic heterocycles. The Morgan fingerprint density at radius 3 is 2.74 bits per heavy atom. The summed E-state index contributed by atoms with van der Waals surface area (Å²) in [5.41, 5.74) is 0.702. The molecule has 0 bridgehead atoms. The highest BCUT2D eigenvalue weighted by atomic mass is 16.5. The summed E-state index contributed by atoms with van der Waals surface area (Å²) in [7, 11) is 1.59. The summed E-state index contributed by atoms with van der Waals surface area (Å²) < 4.78 is 5.10. The lowest BCUT2D eigenvalue weighted by atomic mass is 9.93. The van der Waals surface area contributed by atoms with Crippen LogP contribution in [-0.2, 0) is 0 Å². The number of amides is 2. The van der Waals surface area contributed by atoms with Crippen LogP contribution in [0.15, 0.2) is 24.3 Å². The predicted octanol–water partition coefficient (Wildman–Crippen LogP) is 2.12. The van der Waals surface area contributed by atoms with Gasteiger partial charge in [-0.2, -0.15) is 0 Å². The predicted molar refractivity (Wildman–Crippen MR) is 73.4 cm³/mol. The first kappa shape index (κ1) is 13.7. The summed E-state index contributed by atoms with van der Waals surface area (Å²) in [5.74, 6) is 0.707. The smallest absolute Gasteiger partial charge is 0.319 e. The molecule has 1 aromatic carbocycles. The van der Waals surface area contributed by atoms with Gasteiger partial charge in [0.1, 0.15) is 5.75 Å². The van der Waals surface area contributed by atoms with Crippen LogP contribution in [0, 0.1) is 0 Å². The van der Waals surface area contributed by atoms with E-state index in [0.717, 1.165) is 25.7 Å². The van der Waals surface area contributed by atoms with Gasteiger partial charge < -0.3 is 20.5 Å². The highest BCUT2D eigenvalue weighted by molar-refractivity contribution is 5.89. The van der Waals surface area contributed by atoms with Crippen LogP contribution < -0.4 is 15.4 Å². The van der Waals surface area contributed by atoms with E-state index in [1.54, 1.807) is 13.2 Å². The molecule has 0 spiro atoms. The molecule has 2 rings (SSSR count). The van der Waals surface area contributed by atoms with E-state index in [9.17, 15) is 9.90 Å². The number of anilines is 1. The summed E-state index contributed by atoms with van der Waals surface area (Å²) in [6, 6.07) is 7.16. The maximum atomic E-state index is 11.8. The van der Waals surface area contributed by atoms with E-state index in [2.05, 4.69) is 10.6 Å². The standard InChI is InChI=1S/C14H20N2O3/c1-19-13-4-2-3-11(9-13)16-14(18)15-10-5-7-12(17)8-6-10/h2-4,9-10,12,17H,5-8H2,1H3,(H2,15,16,18). The Morgan fingerprint density at radius 2 is 2.05 bits per heavy atom. The first-order chi connectivity index (χ1) is 9.17. The number of ether oxygens (including phenoxy) is 1. The Morgan fingerprint density at radius 1 is 1.32 bits per heavy atom. The number of aliphatic hydroxyl groups is 1. The van der Waals surface area contributed by atoms with Crippen molar-refractivity contribution >= 4 is 11.7 Å². The largest absolute Gasteiger partial charge is 0.497 e. The zero-order valence-corrected chi connectivity index (χ0v) is 11.1. The number of carbonyl (C=O) groups is 1. The molecular weight excluding hydrogens is 244 g/mol. The van der Waals surface area contributed by atoms with Crippen molar-refractivity contribution in [1.82, 2.24) is 5.32 Å². The summed E-state index contributed by atoms with van der Waals surface area (Å²) in [6.45, 7) is 0. The number of nitrogens with one attached hydrogen (secondary N) is 2. The van der Waals surface area contributed by atoms with Crippen molar-refractivity contribution in [3.63, 3.8) is 0 Å². The summed E-state index contributed by atoms with van der Waals surface area (Å²) in [6.07, 6.45) is 2.95. The van der Waals surface area contributed by atoms with Crippen LogP contribution in [0.2, 0.25) is 0 Å². The monoisotopic (exact) mass is 264 g/mol. The molecule has 1 aliphatic rings. The molecule has 5 heteroatoms. The maximum Gasteiger partial charge on any atom is 0.319 e. The number of rotatable bonds is 3. The van der Waals surface area contributed by atoms with Crippen LogP contribution in [0.4, 0.5) is 10.5 Å². The second kappa shape index (κ2) is 6.43. The molecule has 0 radical (unpaired) electrons. The molecule has 0 heterocycles. The molecule has 0 aromatic heterocycles. The number of hydrogen-bond acceptors (Lipinski definition) is 3. The van der Waals surface area contributed by atoms with Gasteiger partial charge in [-0.05, 0) is 37.8 Å². The first-order valence-corrected chi connectivity index (χ1v) is 6.57. The average Bonchev–Trinajstić information content (AvgIpc) is 2.41. The number of hydrogen-bond donors (Lipinski definition) is 3. The van der Waals surface area contributed by atoms with Gasteiger partial charge in [-0.3, -0.25) is 0 Å². The van der Waals surface area contributed by atoms with Gasteiger partial charge in [-0.1, -0.05) is 6.07 Å². The average molecular weight is 264 g/mol. The lowest BCUT2D eigenvalue weighted by Crippen LogP contribution is -2.40. The second-order valence-electron chi connectivity index (χ2n) is 4.84. The maximum absolute atomic E-state index is 11.8. The van der Waals surface area contributed by atoms with Crippen molar-refractivity contribution in [3.8, 4) is 5.75 Å². The SMILES string of the molecule is COc1cccc(NC(=O)NC2CCC(O)CC2)c1. The first-order valence-electron chi connectivity index (χ1n) is 6.57. The fourth-order valence-corrected chi connectivity index (χ4v) is 2.27. The third kappa shape index (κ3) is 4.13. The van der Waals surface area contributed by atoms with Crippen molar-refractivity contribution in [2.24, 2.45) is 0 Å². The summed E-state index contributed by atoms with van der Waals surface area (Å²) in [5, 5.41) is 15.1. The van der Waals surface area contributed by atoms with Crippen LogP contribution in [0.5, 0.6) is 5.75 Å². The Balaban J connectivity index is 1.83. The van der Waals surface area contributed by atoms with Crippen LogP contribution in [0.3, 0.4) is 0 Å². The lowest BCUT2D eigenvalue weighted by Gasteiger charge is -2.26. The van der Waals surface area contributed by atoms with Gasteiger partial charge in [-0.15, -0.1) is 0 Å². The quantitative estimate of drug-likeness (QED) is 0.783. The molecule has 1 aromatic rings. The molecule has 3 N–H and O–H groups in total. The molecule has 0 atom stereocenters. The van der Waals surface area contributed by atoms with Gasteiger partial charge in [0.25, 0.3) is 0 Å². The fourth-order valence-electron chi connectivity index (χ4n) is 2.27. The normalized spacial score (nSPS) is 22.6. The third-order valence-electron chi connectivity index (χ3n) is 3.36. The Bertz CT molecular complexity index is 428. The molecule has 2 amide bonds. The van der Waals surface area contributed by atoms with Crippen molar-refractivity contribution in [3.05, 3.63) is 24.3 Å². The number of aliphatic hydroxyl groups excluding tert-OH is 1. The van der Waals surface area contributed by atoms with Crippen molar-refractivity contribution in [2.45, 2.75) is 37.8 Å². The van der Waals surface area contributed by atoms with E-state index >= 15 is 0 Å². The molecule has 104 valence electrons. The molecule has 5 nitrogen and oxygen atoms in total. The molecule has 1 fully saturated rings. The van der Waals surface area contributed by atoms with Gasteiger partial charge in [-0.25, -0.2) is 4.79 Å². The minimum Gasteiger partial charge on any atom is -0.497 e. The van der Waals surface area contributed by atoms with Crippen molar-refractivity contribution in [1.29, 1.82) is 0 Å². The van der Waals surface area contributed by atoms with Gasteiger partial charge in [0.15, 0.2) is 0 Å². The zero-order valence-electron chi connectivity index (χ0n) is 11.1. The molecule has 0 saturated heterocycles.